The van der Waals surface area contributed by atoms with E-state index < -0.39 is 0 Å². The molecule has 0 saturated carbocycles. The molecule has 3 saturated heterocycles. The highest BCUT2D eigenvalue weighted by Crippen LogP contribution is 2.35. The average Bonchev–Trinajstić information content (AvgIpc) is 3.46. The molecule has 7 heterocycles. The van der Waals surface area contributed by atoms with Gasteiger partial charge in [-0.25, -0.2) is 29.9 Å². The number of hydrogen-bond donors (Lipinski definition) is 3. The number of nitrogen functional groups attached to an aromatic ring is 2. The number of methoxy groups -OCH3 is 2. The number of anilines is 2. The van der Waals surface area contributed by atoms with Gasteiger partial charge in [-0.15, -0.1) is 0 Å². The topological polar surface area (TPSA) is 213 Å². The van der Waals surface area contributed by atoms with Crippen LogP contribution in [-0.2, 0) is 17.6 Å². The maximum atomic E-state index is 14.1. The van der Waals surface area contributed by atoms with Crippen LogP contribution in [0.2, 0.25) is 0 Å². The van der Waals surface area contributed by atoms with Gasteiger partial charge in [0.1, 0.15) is 35.8 Å². The Labute approximate surface area is 438 Å². The third kappa shape index (κ3) is 12.2. The summed E-state index contributed by atoms with van der Waals surface area (Å²) in [5.41, 5.74) is 21.7. The number of hydrogen-bond acceptors (Lipinski definition) is 15. The van der Waals surface area contributed by atoms with E-state index in [1.165, 1.54) is 0 Å². The first-order valence-electron chi connectivity index (χ1n) is 25.8. The third-order valence-electron chi connectivity index (χ3n) is 14.4. The zero-order chi connectivity index (χ0) is 52.3. The highest BCUT2D eigenvalue weighted by atomic mass is 16.5. The summed E-state index contributed by atoms with van der Waals surface area (Å²) in [7, 11) is 3.15. The van der Waals surface area contributed by atoms with Crippen molar-refractivity contribution in [3.8, 4) is 57.7 Å². The number of carbonyl (C=O) groups is 2. The number of ether oxygens (including phenoxy) is 3. The SMILES string of the molecule is CCc1ncnc(-c2ccc(C(=O)NCCN3CCOCC3)c(OC)c2)c1C#Cc1cnc(N)c(C2CCN(C3CCN(C(=O)c4ccc(-c5ncnc(CC)c5C#Cc5ccc(N)nc5)cc4OC)CC3)CC2)c1. The monoisotopic (exact) mass is 1010 g/mol. The van der Waals surface area contributed by atoms with Crippen LogP contribution < -0.4 is 26.3 Å². The van der Waals surface area contributed by atoms with Gasteiger partial charge in [-0.3, -0.25) is 14.5 Å². The third-order valence-corrected chi connectivity index (χ3v) is 14.4. The van der Waals surface area contributed by atoms with Crippen molar-refractivity contribution in [1.29, 1.82) is 0 Å². The lowest BCUT2D eigenvalue weighted by Crippen LogP contribution is -2.48. The first-order chi connectivity index (χ1) is 36.6. The van der Waals surface area contributed by atoms with E-state index >= 15 is 0 Å². The minimum Gasteiger partial charge on any atom is -0.496 e. The Morgan fingerprint density at radius 2 is 1.28 bits per heavy atom. The highest BCUT2D eigenvalue weighted by Gasteiger charge is 2.32. The first-order valence-corrected chi connectivity index (χ1v) is 25.8. The summed E-state index contributed by atoms with van der Waals surface area (Å²) in [6.07, 6.45) is 11.4. The minimum atomic E-state index is -0.200. The quantitative estimate of drug-likeness (QED) is 0.113. The number of aryl methyl sites for hydroxylation is 2. The summed E-state index contributed by atoms with van der Waals surface area (Å²) < 4.78 is 17.0. The van der Waals surface area contributed by atoms with Crippen LogP contribution in [0.15, 0.2) is 79.6 Å². The molecule has 3 aliphatic rings. The van der Waals surface area contributed by atoms with Crippen LogP contribution in [0.25, 0.3) is 22.5 Å². The minimum absolute atomic E-state index is 0.0535. The van der Waals surface area contributed by atoms with E-state index in [4.69, 9.17) is 25.7 Å². The Morgan fingerprint density at radius 1 is 0.680 bits per heavy atom. The molecule has 2 amide bonds. The molecule has 0 unspecified atom stereocenters. The average molecular weight is 1010 g/mol. The molecule has 0 spiro atoms. The number of benzene rings is 2. The van der Waals surface area contributed by atoms with E-state index in [2.05, 4.69) is 74.8 Å². The second-order valence-corrected chi connectivity index (χ2v) is 18.8. The number of amides is 2. The van der Waals surface area contributed by atoms with Gasteiger partial charge in [-0.05, 0) is 106 Å². The number of nitrogens with one attached hydrogen (secondary N) is 1. The summed E-state index contributed by atoms with van der Waals surface area (Å²) in [6, 6.07) is 17.1. The molecule has 6 aromatic rings. The second kappa shape index (κ2) is 24.4. The van der Waals surface area contributed by atoms with Crippen molar-refractivity contribution in [1.82, 2.24) is 49.9 Å². The molecule has 17 heteroatoms. The van der Waals surface area contributed by atoms with Crippen LogP contribution in [0, 0.1) is 23.7 Å². The Balaban J connectivity index is 0.820. The van der Waals surface area contributed by atoms with Gasteiger partial charge >= 0.3 is 0 Å². The molecule has 75 heavy (non-hydrogen) atoms. The molecule has 3 fully saturated rings. The molecule has 9 rings (SSSR count). The van der Waals surface area contributed by atoms with Gasteiger partial charge in [-0.2, -0.15) is 0 Å². The zero-order valence-electron chi connectivity index (χ0n) is 43.2. The van der Waals surface area contributed by atoms with Crippen molar-refractivity contribution < 1.29 is 23.8 Å². The van der Waals surface area contributed by atoms with E-state index in [0.29, 0.717) is 109 Å². The fourth-order valence-electron chi connectivity index (χ4n) is 10.2. The van der Waals surface area contributed by atoms with Crippen molar-refractivity contribution >= 4 is 23.5 Å². The van der Waals surface area contributed by atoms with Crippen molar-refractivity contribution in [3.05, 3.63) is 130 Å². The second-order valence-electron chi connectivity index (χ2n) is 18.8. The van der Waals surface area contributed by atoms with E-state index in [1.54, 1.807) is 51.4 Å². The molecule has 2 aromatic carbocycles. The van der Waals surface area contributed by atoms with E-state index in [-0.39, 0.29) is 17.7 Å². The maximum absolute atomic E-state index is 14.1. The van der Waals surface area contributed by atoms with Gasteiger partial charge in [0.2, 0.25) is 0 Å². The highest BCUT2D eigenvalue weighted by molar-refractivity contribution is 5.98. The van der Waals surface area contributed by atoms with Gasteiger partial charge in [-0.1, -0.05) is 49.7 Å². The van der Waals surface area contributed by atoms with Crippen LogP contribution in [0.5, 0.6) is 11.5 Å². The number of rotatable bonds is 13. The van der Waals surface area contributed by atoms with Gasteiger partial charge in [0.05, 0.1) is 72.5 Å². The molecule has 0 aliphatic carbocycles. The van der Waals surface area contributed by atoms with Gasteiger partial charge in [0.15, 0.2) is 0 Å². The first kappa shape index (κ1) is 51.9. The lowest BCUT2D eigenvalue weighted by molar-refractivity contribution is 0.0383. The number of likely N-dealkylation sites (tertiary alicyclic amines) is 2. The fourth-order valence-corrected chi connectivity index (χ4v) is 10.2. The molecule has 4 aromatic heterocycles. The lowest BCUT2D eigenvalue weighted by Gasteiger charge is -2.42. The Kier molecular flexibility index (Phi) is 16.9. The largest absolute Gasteiger partial charge is 0.496 e. The van der Waals surface area contributed by atoms with Crippen LogP contribution >= 0.6 is 0 Å². The molecule has 0 atom stereocenters. The number of nitrogens with zero attached hydrogens (tertiary/aromatic N) is 9. The number of morpholine rings is 1. The van der Waals surface area contributed by atoms with Gasteiger partial charge in [0, 0.05) is 80.0 Å². The van der Waals surface area contributed by atoms with Gasteiger partial charge in [0.25, 0.3) is 11.8 Å². The van der Waals surface area contributed by atoms with E-state index in [9.17, 15) is 9.59 Å². The normalized spacial score (nSPS) is 15.5. The molecule has 0 bridgehead atoms. The molecule has 3 aliphatic heterocycles. The zero-order valence-corrected chi connectivity index (χ0v) is 43.2. The molecule has 0 radical (unpaired) electrons. The van der Waals surface area contributed by atoms with E-state index in [1.807, 2.05) is 55.1 Å². The Hall–Kier alpha value is -7.96. The van der Waals surface area contributed by atoms with Crippen molar-refractivity contribution in [2.45, 2.75) is 64.3 Å². The van der Waals surface area contributed by atoms with Crippen molar-refractivity contribution in [2.24, 2.45) is 0 Å². The summed E-state index contributed by atoms with van der Waals surface area (Å²) in [6.45, 7) is 11.6. The summed E-state index contributed by atoms with van der Waals surface area (Å²) in [5.74, 6) is 15.0. The molecule has 5 N–H and O–H groups in total. The number of nitrogens with two attached hydrogens (primary N) is 2. The predicted molar refractivity (Wildman–Crippen MR) is 288 cm³/mol. The number of pyridine rings is 2. The van der Waals surface area contributed by atoms with Crippen molar-refractivity contribution in [2.75, 3.05) is 91.3 Å². The molecular weight excluding hydrogens is 945 g/mol. The maximum Gasteiger partial charge on any atom is 0.257 e. The predicted octanol–water partition coefficient (Wildman–Crippen LogP) is 6.04. The van der Waals surface area contributed by atoms with Crippen LogP contribution in [0.1, 0.15) is 105 Å². The summed E-state index contributed by atoms with van der Waals surface area (Å²) in [4.78, 5) is 61.3. The summed E-state index contributed by atoms with van der Waals surface area (Å²) in [5, 5.41) is 3.03. The fraction of sp³-hybridized carbons (Fsp3) is 0.379. The summed E-state index contributed by atoms with van der Waals surface area (Å²) >= 11 is 0. The number of piperidine rings is 2. The number of aromatic nitrogens is 6. The Bertz CT molecular complexity index is 3140. The van der Waals surface area contributed by atoms with Gasteiger partial charge < -0.3 is 40.8 Å². The molecule has 386 valence electrons. The standard InChI is InChI=1S/C58H64N12O5/c1-5-49-44(12-7-38-9-16-53(59)62-34-38)55(67-36-64-49)42-11-15-47(52(33-42)74-4)58(72)70-24-19-43(20-25-70)69-22-17-40(18-23-69)48-31-39(35-63-56(48)60)8-13-45-50(6-2)65-37-66-54(45)41-10-14-46(51(32-41)73-3)57(71)61-21-26-68-27-29-75-30-28-68/h9-11,14-16,31-37,40,43H,5-6,17-30H2,1-4H3,(H2,59,62)(H2,60,63)(H,61,71). The van der Waals surface area contributed by atoms with Crippen LogP contribution in [0.4, 0.5) is 11.6 Å². The smallest absolute Gasteiger partial charge is 0.257 e. The molecular formula is C58H64N12O5. The van der Waals surface area contributed by atoms with E-state index in [0.717, 1.165) is 97.6 Å². The van der Waals surface area contributed by atoms with Crippen LogP contribution in [0.3, 0.4) is 0 Å². The van der Waals surface area contributed by atoms with Crippen LogP contribution in [-0.4, -0.2) is 142 Å². The molecule has 17 nitrogen and oxygen atoms in total. The van der Waals surface area contributed by atoms with Crippen molar-refractivity contribution in [3.63, 3.8) is 0 Å². The lowest BCUT2D eigenvalue weighted by atomic mass is 9.87. The number of carbonyl (C=O) groups excluding carboxylic acids is 2. The Morgan fingerprint density at radius 3 is 1.88 bits per heavy atom.